The molecule has 3 aromatic heterocycles. The van der Waals surface area contributed by atoms with E-state index in [1.165, 1.54) is 29.7 Å². The summed E-state index contributed by atoms with van der Waals surface area (Å²) in [5.41, 5.74) is 3.10. The fourth-order valence-electron chi connectivity index (χ4n) is 3.52. The van der Waals surface area contributed by atoms with Crippen molar-refractivity contribution in [1.29, 1.82) is 0 Å². The maximum Gasteiger partial charge on any atom is 0.387 e. The number of nitrogens with one attached hydrogen (secondary N) is 2. The number of hydrogen-bond donors (Lipinski definition) is 2. The van der Waals surface area contributed by atoms with Crippen LogP contribution in [0.4, 0.5) is 19.7 Å². The predicted molar refractivity (Wildman–Crippen MR) is 126 cm³/mol. The molecule has 0 saturated heterocycles. The minimum Gasteiger partial charge on any atom is -0.459 e. The van der Waals surface area contributed by atoms with Crippen LogP contribution in [0.2, 0.25) is 0 Å². The number of halogens is 2. The van der Waals surface area contributed by atoms with Gasteiger partial charge in [-0.05, 0) is 62.7 Å². The number of nitrogens with zero attached hydrogens (tertiary/aromatic N) is 2. The van der Waals surface area contributed by atoms with Crippen LogP contribution in [0.3, 0.4) is 0 Å². The Hall–Kier alpha value is -3.79. The highest BCUT2D eigenvalue weighted by Gasteiger charge is 2.23. The second-order valence-electron chi connectivity index (χ2n) is 7.57. The molecule has 0 fully saturated rings. The number of aryl methyl sites for hydroxylation is 3. The summed E-state index contributed by atoms with van der Waals surface area (Å²) in [4.78, 5) is 22.6. The van der Waals surface area contributed by atoms with Gasteiger partial charge in [0, 0.05) is 21.8 Å². The molecule has 0 aliphatic carbocycles. The van der Waals surface area contributed by atoms with Gasteiger partial charge in [0.25, 0.3) is 5.91 Å². The predicted octanol–water partition coefficient (Wildman–Crippen LogP) is 6.11. The first-order chi connectivity index (χ1) is 16.3. The molecule has 1 atom stereocenters. The van der Waals surface area contributed by atoms with Crippen molar-refractivity contribution in [3.05, 3.63) is 87.9 Å². The standard InChI is InChI=1S/C24H22F2N4O3S/c1-13-11-14(2)28-24(27-13)29-20(16-6-8-17(9-7-16)33-23(25)26)18-12-15(3)34-22(18)30-21(31)19-5-4-10-32-19/h4-12,20,23H,1-3H3,(H,30,31)(H,27,28,29)/t20-/m0/s1. The summed E-state index contributed by atoms with van der Waals surface area (Å²) in [5.74, 6) is 0.262. The zero-order valence-electron chi connectivity index (χ0n) is 18.6. The van der Waals surface area contributed by atoms with E-state index in [1.807, 2.05) is 32.9 Å². The molecule has 2 N–H and O–H groups in total. The monoisotopic (exact) mass is 484 g/mol. The van der Waals surface area contributed by atoms with E-state index >= 15 is 0 Å². The van der Waals surface area contributed by atoms with Crippen LogP contribution >= 0.6 is 11.3 Å². The number of anilines is 2. The first kappa shape index (κ1) is 23.4. The fourth-order valence-corrected chi connectivity index (χ4v) is 4.47. The minimum absolute atomic E-state index is 0.0491. The number of benzene rings is 1. The fraction of sp³-hybridized carbons (Fsp3) is 0.208. The van der Waals surface area contributed by atoms with Gasteiger partial charge in [-0.2, -0.15) is 8.78 Å². The van der Waals surface area contributed by atoms with Crippen LogP contribution in [0.15, 0.2) is 59.2 Å². The summed E-state index contributed by atoms with van der Waals surface area (Å²) >= 11 is 1.41. The number of carbonyl (C=O) groups excluding carboxylic acids is 1. The van der Waals surface area contributed by atoms with Crippen LogP contribution in [0.1, 0.15) is 44.0 Å². The van der Waals surface area contributed by atoms with E-state index in [4.69, 9.17) is 4.42 Å². The maximum atomic E-state index is 12.7. The van der Waals surface area contributed by atoms with Crippen LogP contribution in [-0.4, -0.2) is 22.5 Å². The number of hydrogen-bond acceptors (Lipinski definition) is 7. The lowest BCUT2D eigenvalue weighted by Crippen LogP contribution is -2.18. The molecule has 0 radical (unpaired) electrons. The number of aromatic nitrogens is 2. The maximum absolute atomic E-state index is 12.7. The largest absolute Gasteiger partial charge is 0.459 e. The molecule has 34 heavy (non-hydrogen) atoms. The van der Waals surface area contributed by atoms with E-state index in [2.05, 4.69) is 25.3 Å². The Balaban J connectivity index is 1.73. The van der Waals surface area contributed by atoms with E-state index in [0.717, 1.165) is 27.4 Å². The Labute approximate surface area is 198 Å². The molecule has 1 amide bonds. The Bertz CT molecular complexity index is 1250. The quantitative estimate of drug-likeness (QED) is 0.314. The number of alkyl halides is 2. The first-order valence-corrected chi connectivity index (χ1v) is 11.2. The highest BCUT2D eigenvalue weighted by molar-refractivity contribution is 7.16. The molecule has 0 aliphatic rings. The Kier molecular flexibility index (Phi) is 6.87. The lowest BCUT2D eigenvalue weighted by atomic mass is 10.00. The molecule has 3 heterocycles. The highest BCUT2D eigenvalue weighted by atomic mass is 32.1. The van der Waals surface area contributed by atoms with E-state index in [0.29, 0.717) is 10.9 Å². The smallest absolute Gasteiger partial charge is 0.387 e. The molecule has 0 aliphatic heterocycles. The normalized spacial score (nSPS) is 11.9. The topological polar surface area (TPSA) is 89.3 Å². The first-order valence-electron chi connectivity index (χ1n) is 10.4. The van der Waals surface area contributed by atoms with E-state index < -0.39 is 12.7 Å². The zero-order valence-corrected chi connectivity index (χ0v) is 19.5. The van der Waals surface area contributed by atoms with Crippen LogP contribution in [0.25, 0.3) is 0 Å². The number of ether oxygens (including phenoxy) is 1. The van der Waals surface area contributed by atoms with Gasteiger partial charge in [-0.15, -0.1) is 11.3 Å². The van der Waals surface area contributed by atoms with Crippen molar-refractivity contribution in [1.82, 2.24) is 9.97 Å². The number of carbonyl (C=O) groups is 1. The van der Waals surface area contributed by atoms with Crippen molar-refractivity contribution >= 4 is 28.2 Å². The lowest BCUT2D eigenvalue weighted by molar-refractivity contribution is -0.0498. The van der Waals surface area contributed by atoms with Gasteiger partial charge in [0.1, 0.15) is 10.8 Å². The van der Waals surface area contributed by atoms with Crippen LogP contribution in [-0.2, 0) is 0 Å². The van der Waals surface area contributed by atoms with Crippen LogP contribution in [0.5, 0.6) is 5.75 Å². The Morgan fingerprint density at radius 3 is 2.38 bits per heavy atom. The molecule has 10 heteroatoms. The number of thiophene rings is 1. The summed E-state index contributed by atoms with van der Waals surface area (Å²) in [6, 6.07) is 12.9. The number of amides is 1. The molecule has 4 aromatic rings. The lowest BCUT2D eigenvalue weighted by Gasteiger charge is -2.21. The van der Waals surface area contributed by atoms with Crippen molar-refractivity contribution in [2.75, 3.05) is 10.6 Å². The van der Waals surface area contributed by atoms with Gasteiger partial charge in [-0.25, -0.2) is 9.97 Å². The van der Waals surface area contributed by atoms with Crippen molar-refractivity contribution in [3.8, 4) is 5.75 Å². The van der Waals surface area contributed by atoms with Crippen molar-refractivity contribution < 1.29 is 22.7 Å². The molecule has 176 valence electrons. The van der Waals surface area contributed by atoms with Crippen LogP contribution < -0.4 is 15.4 Å². The third kappa shape index (κ3) is 5.57. The second-order valence-corrected chi connectivity index (χ2v) is 8.83. The summed E-state index contributed by atoms with van der Waals surface area (Å²) < 4.78 is 34.9. The molecular weight excluding hydrogens is 462 g/mol. The van der Waals surface area contributed by atoms with Gasteiger partial charge in [0.15, 0.2) is 5.76 Å². The van der Waals surface area contributed by atoms with E-state index in [-0.39, 0.29) is 17.4 Å². The Morgan fingerprint density at radius 2 is 1.76 bits per heavy atom. The average Bonchev–Trinajstić information content (AvgIpc) is 3.42. The molecule has 1 aromatic carbocycles. The molecule has 7 nitrogen and oxygen atoms in total. The van der Waals surface area contributed by atoms with Gasteiger partial charge < -0.3 is 19.8 Å². The zero-order chi connectivity index (χ0) is 24.2. The summed E-state index contributed by atoms with van der Waals surface area (Å²) in [6.45, 7) is 2.76. The summed E-state index contributed by atoms with van der Waals surface area (Å²) in [7, 11) is 0. The minimum atomic E-state index is -2.91. The molecule has 4 rings (SSSR count). The third-order valence-corrected chi connectivity index (χ3v) is 5.84. The Morgan fingerprint density at radius 1 is 1.06 bits per heavy atom. The number of furan rings is 1. The van der Waals surface area contributed by atoms with Crippen molar-refractivity contribution in [2.45, 2.75) is 33.4 Å². The average molecular weight is 485 g/mol. The van der Waals surface area contributed by atoms with Gasteiger partial charge >= 0.3 is 6.61 Å². The summed E-state index contributed by atoms with van der Waals surface area (Å²) in [6.07, 6.45) is 1.43. The van der Waals surface area contributed by atoms with Gasteiger partial charge in [-0.1, -0.05) is 12.1 Å². The molecule has 0 bridgehead atoms. The van der Waals surface area contributed by atoms with Gasteiger partial charge in [0.05, 0.1) is 12.3 Å². The second kappa shape index (κ2) is 10.0. The van der Waals surface area contributed by atoms with Crippen molar-refractivity contribution in [3.63, 3.8) is 0 Å². The molecule has 0 unspecified atom stereocenters. The van der Waals surface area contributed by atoms with Gasteiger partial charge in [0.2, 0.25) is 5.95 Å². The molecule has 0 saturated carbocycles. The van der Waals surface area contributed by atoms with Crippen LogP contribution in [0, 0.1) is 20.8 Å². The molecule has 0 spiro atoms. The number of rotatable bonds is 8. The van der Waals surface area contributed by atoms with Crippen molar-refractivity contribution in [2.24, 2.45) is 0 Å². The SMILES string of the molecule is Cc1cc(C)nc(N[C@@H](c2ccc(OC(F)F)cc2)c2cc(C)sc2NC(=O)c2ccco2)n1. The van der Waals surface area contributed by atoms with E-state index in [9.17, 15) is 13.6 Å². The van der Waals surface area contributed by atoms with Gasteiger partial charge in [-0.3, -0.25) is 4.79 Å². The molecular formula is C24H22F2N4O3S. The van der Waals surface area contributed by atoms with E-state index in [1.54, 1.807) is 24.3 Å². The summed E-state index contributed by atoms with van der Waals surface area (Å²) in [5, 5.41) is 6.87. The highest BCUT2D eigenvalue weighted by Crippen LogP contribution is 2.38. The third-order valence-electron chi connectivity index (χ3n) is 4.86.